The average molecular weight is 234 g/mol. The summed E-state index contributed by atoms with van der Waals surface area (Å²) in [5, 5.41) is 8.93. The van der Waals surface area contributed by atoms with Gasteiger partial charge in [-0.05, 0) is 19.4 Å². The molecule has 0 unspecified atom stereocenters. The van der Waals surface area contributed by atoms with Crippen LogP contribution >= 0.6 is 0 Å². The molecule has 0 radical (unpaired) electrons. The van der Waals surface area contributed by atoms with E-state index in [-0.39, 0.29) is 17.7 Å². The van der Waals surface area contributed by atoms with Gasteiger partial charge in [0.15, 0.2) is 0 Å². The van der Waals surface area contributed by atoms with Crippen LogP contribution in [0, 0.1) is 11.3 Å². The molecule has 0 aliphatic rings. The Morgan fingerprint density at radius 2 is 2.18 bits per heavy atom. The van der Waals surface area contributed by atoms with Gasteiger partial charge >= 0.3 is 5.97 Å². The van der Waals surface area contributed by atoms with Gasteiger partial charge in [0, 0.05) is 12.7 Å². The monoisotopic (exact) mass is 234 g/mol. The number of ether oxygens (including phenoxy) is 1. The third-order valence-electron chi connectivity index (χ3n) is 2.50. The van der Waals surface area contributed by atoms with Crippen molar-refractivity contribution in [2.75, 3.05) is 6.61 Å². The Labute approximate surface area is 99.2 Å². The number of aryl methyl sites for hydroxylation is 1. The van der Waals surface area contributed by atoms with Gasteiger partial charge in [-0.15, -0.1) is 0 Å². The number of nitrogens with zero attached hydrogens (tertiary/aromatic N) is 2. The SMILES string of the molecule is CCOC(=O)c1cc(CC)n(C)c(=O)c1C#N. The molecule has 0 aromatic carbocycles. The van der Waals surface area contributed by atoms with E-state index in [0.29, 0.717) is 12.1 Å². The number of carbonyl (C=O) groups is 1. The van der Waals surface area contributed by atoms with E-state index in [1.165, 1.54) is 10.6 Å². The van der Waals surface area contributed by atoms with Crippen molar-refractivity contribution in [3.8, 4) is 6.07 Å². The molecule has 90 valence electrons. The predicted octanol–water partition coefficient (Wildman–Crippen LogP) is 0.996. The molecule has 0 saturated carbocycles. The lowest BCUT2D eigenvalue weighted by molar-refractivity contribution is 0.0525. The lowest BCUT2D eigenvalue weighted by Gasteiger charge is -2.10. The molecule has 5 nitrogen and oxygen atoms in total. The molecule has 0 saturated heterocycles. The lowest BCUT2D eigenvalue weighted by Crippen LogP contribution is -2.26. The zero-order chi connectivity index (χ0) is 13.0. The van der Waals surface area contributed by atoms with Crippen molar-refractivity contribution < 1.29 is 9.53 Å². The summed E-state index contributed by atoms with van der Waals surface area (Å²) in [6, 6.07) is 3.30. The first-order chi connectivity index (χ1) is 8.06. The van der Waals surface area contributed by atoms with Crippen LogP contribution in [-0.4, -0.2) is 17.1 Å². The summed E-state index contributed by atoms with van der Waals surface area (Å²) in [6.45, 7) is 3.75. The van der Waals surface area contributed by atoms with Gasteiger partial charge < -0.3 is 9.30 Å². The highest BCUT2D eigenvalue weighted by atomic mass is 16.5. The highest BCUT2D eigenvalue weighted by molar-refractivity contribution is 5.92. The number of esters is 1. The van der Waals surface area contributed by atoms with Gasteiger partial charge in [-0.3, -0.25) is 4.79 Å². The van der Waals surface area contributed by atoms with Crippen LogP contribution in [0.1, 0.15) is 35.5 Å². The van der Waals surface area contributed by atoms with Gasteiger partial charge in [0.1, 0.15) is 11.6 Å². The highest BCUT2D eigenvalue weighted by Crippen LogP contribution is 2.09. The summed E-state index contributed by atoms with van der Waals surface area (Å²) in [6.07, 6.45) is 0.601. The first-order valence-electron chi connectivity index (χ1n) is 5.36. The third-order valence-corrected chi connectivity index (χ3v) is 2.50. The molecule has 1 aromatic rings. The fraction of sp³-hybridized carbons (Fsp3) is 0.417. The van der Waals surface area contributed by atoms with E-state index in [2.05, 4.69) is 0 Å². The van der Waals surface area contributed by atoms with Crippen molar-refractivity contribution in [1.82, 2.24) is 4.57 Å². The van der Waals surface area contributed by atoms with Crippen molar-refractivity contribution >= 4 is 5.97 Å². The van der Waals surface area contributed by atoms with Crippen molar-refractivity contribution in [3.05, 3.63) is 33.2 Å². The zero-order valence-electron chi connectivity index (χ0n) is 10.1. The Kier molecular flexibility index (Phi) is 4.05. The van der Waals surface area contributed by atoms with Crippen LogP contribution in [0.4, 0.5) is 0 Å². The maximum atomic E-state index is 11.8. The summed E-state index contributed by atoms with van der Waals surface area (Å²) < 4.78 is 6.20. The Balaban J connectivity index is 3.50. The summed E-state index contributed by atoms with van der Waals surface area (Å²) in [7, 11) is 1.58. The molecule has 0 atom stereocenters. The number of hydrogen-bond acceptors (Lipinski definition) is 4. The standard InChI is InChI=1S/C12H14N2O3/c1-4-8-6-9(12(16)17-5-2)10(7-13)11(15)14(8)3/h6H,4-5H2,1-3H3. The number of rotatable bonds is 3. The van der Waals surface area contributed by atoms with Crippen molar-refractivity contribution in [2.24, 2.45) is 7.05 Å². The third kappa shape index (κ3) is 2.36. The van der Waals surface area contributed by atoms with E-state index in [0.717, 1.165) is 0 Å². The minimum atomic E-state index is -0.628. The van der Waals surface area contributed by atoms with Gasteiger partial charge in [0.25, 0.3) is 5.56 Å². The maximum Gasteiger partial charge on any atom is 0.339 e. The van der Waals surface area contributed by atoms with Crippen molar-refractivity contribution in [1.29, 1.82) is 5.26 Å². The number of nitriles is 1. The van der Waals surface area contributed by atoms with Gasteiger partial charge in [-0.2, -0.15) is 5.26 Å². The summed E-state index contributed by atoms with van der Waals surface area (Å²) in [5.74, 6) is -0.628. The van der Waals surface area contributed by atoms with E-state index in [4.69, 9.17) is 10.00 Å². The number of pyridine rings is 1. The molecule has 0 spiro atoms. The maximum absolute atomic E-state index is 11.8. The highest BCUT2D eigenvalue weighted by Gasteiger charge is 2.18. The molecule has 17 heavy (non-hydrogen) atoms. The Morgan fingerprint density at radius 1 is 1.53 bits per heavy atom. The predicted molar refractivity (Wildman–Crippen MR) is 61.7 cm³/mol. The fourth-order valence-electron chi connectivity index (χ4n) is 1.57. The van der Waals surface area contributed by atoms with Crippen molar-refractivity contribution in [2.45, 2.75) is 20.3 Å². The minimum absolute atomic E-state index is 0.0503. The quantitative estimate of drug-likeness (QED) is 0.731. The molecule has 1 heterocycles. The molecule has 0 N–H and O–H groups in total. The summed E-state index contributed by atoms with van der Waals surface area (Å²) >= 11 is 0. The van der Waals surface area contributed by atoms with Gasteiger partial charge in [-0.1, -0.05) is 6.92 Å². The summed E-state index contributed by atoms with van der Waals surface area (Å²) in [4.78, 5) is 23.5. The van der Waals surface area contributed by atoms with E-state index in [9.17, 15) is 9.59 Å². The van der Waals surface area contributed by atoms with Crippen LogP contribution in [0.3, 0.4) is 0 Å². The van der Waals surface area contributed by atoms with E-state index in [1.807, 2.05) is 6.92 Å². The molecule has 1 rings (SSSR count). The van der Waals surface area contributed by atoms with Crippen LogP contribution in [0.15, 0.2) is 10.9 Å². The van der Waals surface area contributed by atoms with E-state index >= 15 is 0 Å². The second-order valence-corrected chi connectivity index (χ2v) is 3.47. The average Bonchev–Trinajstić information content (AvgIpc) is 2.32. The molecule has 0 aliphatic carbocycles. The Morgan fingerprint density at radius 3 is 2.65 bits per heavy atom. The van der Waals surface area contributed by atoms with Crippen molar-refractivity contribution in [3.63, 3.8) is 0 Å². The number of aromatic nitrogens is 1. The molecular formula is C12H14N2O3. The minimum Gasteiger partial charge on any atom is -0.462 e. The van der Waals surface area contributed by atoms with Gasteiger partial charge in [0.2, 0.25) is 0 Å². The molecule has 0 fully saturated rings. The summed E-state index contributed by atoms with van der Waals surface area (Å²) in [5.41, 5.74) is 0.115. The molecule has 1 aromatic heterocycles. The van der Waals surface area contributed by atoms with Crippen LogP contribution in [-0.2, 0) is 18.2 Å². The van der Waals surface area contributed by atoms with Crippen LogP contribution in [0.25, 0.3) is 0 Å². The first kappa shape index (κ1) is 13.0. The number of carbonyl (C=O) groups excluding carboxylic acids is 1. The van der Waals surface area contributed by atoms with E-state index in [1.54, 1.807) is 20.0 Å². The normalized spacial score (nSPS) is 9.76. The Hall–Kier alpha value is -2.09. The molecule has 0 amide bonds. The topological polar surface area (TPSA) is 72.1 Å². The zero-order valence-corrected chi connectivity index (χ0v) is 10.1. The smallest absolute Gasteiger partial charge is 0.339 e. The Bertz CT molecular complexity index is 538. The number of hydrogen-bond donors (Lipinski definition) is 0. The van der Waals surface area contributed by atoms with Crippen LogP contribution < -0.4 is 5.56 Å². The second-order valence-electron chi connectivity index (χ2n) is 3.47. The second kappa shape index (κ2) is 5.30. The molecule has 0 aliphatic heterocycles. The molecular weight excluding hydrogens is 220 g/mol. The van der Waals surface area contributed by atoms with Crippen LogP contribution in [0.2, 0.25) is 0 Å². The molecule has 5 heteroatoms. The fourth-order valence-corrected chi connectivity index (χ4v) is 1.57. The largest absolute Gasteiger partial charge is 0.462 e. The van der Waals surface area contributed by atoms with E-state index < -0.39 is 11.5 Å². The molecule has 0 bridgehead atoms. The first-order valence-corrected chi connectivity index (χ1v) is 5.36. The van der Waals surface area contributed by atoms with Gasteiger partial charge in [0.05, 0.1) is 12.2 Å². The lowest BCUT2D eigenvalue weighted by atomic mass is 10.1. The van der Waals surface area contributed by atoms with Gasteiger partial charge in [-0.25, -0.2) is 4.79 Å². The van der Waals surface area contributed by atoms with Crippen LogP contribution in [0.5, 0.6) is 0 Å².